The summed E-state index contributed by atoms with van der Waals surface area (Å²) in [5, 5.41) is 0. The molecule has 0 spiro atoms. The predicted octanol–water partition coefficient (Wildman–Crippen LogP) is 1.86. The molecule has 1 heterocycles. The summed E-state index contributed by atoms with van der Waals surface area (Å²) in [7, 11) is 0. The van der Waals surface area contributed by atoms with Crippen LogP contribution in [0.15, 0.2) is 10.8 Å². The molecular weight excluding hydrogens is 234 g/mol. The van der Waals surface area contributed by atoms with Crippen molar-refractivity contribution in [3.63, 3.8) is 0 Å². The molecule has 0 aliphatic carbocycles. The van der Waals surface area contributed by atoms with Crippen molar-refractivity contribution in [1.29, 1.82) is 0 Å². The maximum Gasteiger partial charge on any atom is 0.258 e. The third-order valence-corrected chi connectivity index (χ3v) is 1.67. The van der Waals surface area contributed by atoms with Crippen molar-refractivity contribution < 1.29 is 4.74 Å². The van der Waals surface area contributed by atoms with Crippen LogP contribution in [0.3, 0.4) is 0 Å². The summed E-state index contributed by atoms with van der Waals surface area (Å²) in [6.07, 6.45) is 1.54. The van der Waals surface area contributed by atoms with Crippen LogP contribution in [0.25, 0.3) is 0 Å². The maximum absolute atomic E-state index is 5.56. The lowest BCUT2D eigenvalue weighted by Crippen LogP contribution is -2.08. The van der Waals surface area contributed by atoms with E-state index in [-0.39, 0.29) is 0 Å². The van der Waals surface area contributed by atoms with Crippen LogP contribution in [0.1, 0.15) is 13.8 Å². The zero-order valence-corrected chi connectivity index (χ0v) is 9.21. The third-order valence-electron chi connectivity index (χ3n) is 1.29. The standard InChI is InChI=1S/C8H12BrN3O/c1-5(2)4-13-8-7(10)11-3-6(9)12-8/h3,5H,4H2,1-2H3,(H2,10,11). The Morgan fingerprint density at radius 2 is 2.31 bits per heavy atom. The Labute approximate surface area is 85.7 Å². The summed E-state index contributed by atoms with van der Waals surface area (Å²) in [5.74, 6) is 1.16. The molecule has 72 valence electrons. The minimum atomic E-state index is 0.323. The predicted molar refractivity (Wildman–Crippen MR) is 54.5 cm³/mol. The first-order valence-electron chi connectivity index (χ1n) is 4.00. The van der Waals surface area contributed by atoms with Crippen LogP contribution < -0.4 is 10.5 Å². The maximum atomic E-state index is 5.56. The molecule has 0 amide bonds. The minimum absolute atomic E-state index is 0.323. The Morgan fingerprint density at radius 1 is 1.62 bits per heavy atom. The largest absolute Gasteiger partial charge is 0.475 e. The van der Waals surface area contributed by atoms with Gasteiger partial charge in [0, 0.05) is 0 Å². The second kappa shape index (κ2) is 4.41. The molecule has 13 heavy (non-hydrogen) atoms. The number of aromatic nitrogens is 2. The summed E-state index contributed by atoms with van der Waals surface area (Å²) in [6.45, 7) is 4.71. The number of hydrogen-bond donors (Lipinski definition) is 1. The second-order valence-electron chi connectivity index (χ2n) is 3.09. The van der Waals surface area contributed by atoms with Gasteiger partial charge >= 0.3 is 0 Å². The summed E-state index contributed by atoms with van der Waals surface area (Å²) in [5.41, 5.74) is 5.56. The fraction of sp³-hybridized carbons (Fsp3) is 0.500. The van der Waals surface area contributed by atoms with Gasteiger partial charge in [0.05, 0.1) is 12.8 Å². The molecule has 0 saturated carbocycles. The molecule has 0 aromatic carbocycles. The molecular formula is C8H12BrN3O. The summed E-state index contributed by atoms with van der Waals surface area (Å²) in [6, 6.07) is 0. The Bertz CT molecular complexity index is 291. The number of halogens is 1. The Kier molecular flexibility index (Phi) is 3.48. The highest BCUT2D eigenvalue weighted by Gasteiger charge is 2.05. The highest BCUT2D eigenvalue weighted by atomic mass is 79.9. The van der Waals surface area contributed by atoms with Gasteiger partial charge in [-0.3, -0.25) is 0 Å². The molecule has 0 aliphatic heterocycles. The van der Waals surface area contributed by atoms with Gasteiger partial charge in [-0.2, -0.15) is 0 Å². The van der Waals surface area contributed by atoms with E-state index < -0.39 is 0 Å². The molecule has 1 aromatic heterocycles. The topological polar surface area (TPSA) is 61.0 Å². The Morgan fingerprint density at radius 3 is 2.92 bits per heavy atom. The van der Waals surface area contributed by atoms with Gasteiger partial charge in [-0.15, -0.1) is 0 Å². The van der Waals surface area contributed by atoms with E-state index in [1.54, 1.807) is 0 Å². The number of anilines is 1. The van der Waals surface area contributed by atoms with E-state index >= 15 is 0 Å². The first kappa shape index (κ1) is 10.2. The van der Waals surface area contributed by atoms with E-state index in [9.17, 15) is 0 Å². The van der Waals surface area contributed by atoms with Crippen molar-refractivity contribution in [3.8, 4) is 5.88 Å². The first-order valence-corrected chi connectivity index (χ1v) is 4.79. The van der Waals surface area contributed by atoms with Crippen molar-refractivity contribution in [2.24, 2.45) is 5.92 Å². The van der Waals surface area contributed by atoms with Crippen LogP contribution in [-0.2, 0) is 0 Å². The van der Waals surface area contributed by atoms with Gasteiger partial charge in [-0.1, -0.05) is 13.8 Å². The molecule has 0 bridgehead atoms. The normalized spacial score (nSPS) is 10.5. The van der Waals surface area contributed by atoms with E-state index in [1.165, 1.54) is 6.20 Å². The number of nitrogen functional groups attached to an aromatic ring is 1. The lowest BCUT2D eigenvalue weighted by molar-refractivity contribution is 0.261. The second-order valence-corrected chi connectivity index (χ2v) is 3.90. The Balaban J connectivity index is 2.70. The minimum Gasteiger partial charge on any atom is -0.475 e. The molecule has 4 nitrogen and oxygen atoms in total. The summed E-state index contributed by atoms with van der Waals surface area (Å²) >= 11 is 3.19. The molecule has 0 radical (unpaired) electrons. The van der Waals surface area contributed by atoms with Gasteiger partial charge in [0.2, 0.25) is 0 Å². The Hall–Kier alpha value is -0.840. The summed E-state index contributed by atoms with van der Waals surface area (Å²) in [4.78, 5) is 7.95. The number of ether oxygens (including phenoxy) is 1. The van der Waals surface area contributed by atoms with Gasteiger partial charge in [-0.05, 0) is 21.8 Å². The molecule has 5 heteroatoms. The molecule has 0 unspecified atom stereocenters. The fourth-order valence-electron chi connectivity index (χ4n) is 0.713. The van der Waals surface area contributed by atoms with E-state index in [4.69, 9.17) is 10.5 Å². The zero-order valence-electron chi connectivity index (χ0n) is 7.62. The fourth-order valence-corrected chi connectivity index (χ4v) is 0.976. The highest BCUT2D eigenvalue weighted by molar-refractivity contribution is 9.10. The molecule has 0 atom stereocenters. The van der Waals surface area contributed by atoms with Gasteiger partial charge in [0.25, 0.3) is 5.88 Å². The van der Waals surface area contributed by atoms with Gasteiger partial charge in [-0.25, -0.2) is 9.97 Å². The van der Waals surface area contributed by atoms with Crippen LogP contribution in [0.2, 0.25) is 0 Å². The highest BCUT2D eigenvalue weighted by Crippen LogP contribution is 2.18. The van der Waals surface area contributed by atoms with Gasteiger partial charge < -0.3 is 10.5 Å². The first-order chi connectivity index (χ1) is 6.09. The quantitative estimate of drug-likeness (QED) is 0.884. The van der Waals surface area contributed by atoms with Gasteiger partial charge in [0.1, 0.15) is 4.60 Å². The number of nitrogens with two attached hydrogens (primary N) is 1. The van der Waals surface area contributed by atoms with Crippen LogP contribution in [0.4, 0.5) is 5.82 Å². The van der Waals surface area contributed by atoms with E-state index in [0.717, 1.165) is 0 Å². The van der Waals surface area contributed by atoms with E-state index in [1.807, 2.05) is 0 Å². The van der Waals surface area contributed by atoms with Gasteiger partial charge in [0.15, 0.2) is 5.82 Å². The smallest absolute Gasteiger partial charge is 0.258 e. The third kappa shape index (κ3) is 3.18. The van der Waals surface area contributed by atoms with Crippen LogP contribution in [0.5, 0.6) is 5.88 Å². The van der Waals surface area contributed by atoms with Crippen molar-refractivity contribution in [3.05, 3.63) is 10.8 Å². The molecule has 2 N–H and O–H groups in total. The molecule has 1 aromatic rings. The van der Waals surface area contributed by atoms with E-state index in [2.05, 4.69) is 39.7 Å². The number of hydrogen-bond acceptors (Lipinski definition) is 4. The SMILES string of the molecule is CC(C)COc1nc(Br)cnc1N. The average Bonchev–Trinajstić information content (AvgIpc) is 2.06. The van der Waals surface area contributed by atoms with Crippen molar-refractivity contribution in [2.75, 3.05) is 12.3 Å². The van der Waals surface area contributed by atoms with Crippen LogP contribution >= 0.6 is 15.9 Å². The zero-order chi connectivity index (χ0) is 9.84. The number of rotatable bonds is 3. The van der Waals surface area contributed by atoms with Crippen LogP contribution in [-0.4, -0.2) is 16.6 Å². The van der Waals surface area contributed by atoms with Crippen molar-refractivity contribution in [1.82, 2.24) is 9.97 Å². The average molecular weight is 246 g/mol. The monoisotopic (exact) mass is 245 g/mol. The van der Waals surface area contributed by atoms with Crippen molar-refractivity contribution in [2.45, 2.75) is 13.8 Å². The molecule has 0 saturated heterocycles. The summed E-state index contributed by atoms with van der Waals surface area (Å²) < 4.78 is 5.98. The molecule has 1 rings (SSSR count). The lowest BCUT2D eigenvalue weighted by Gasteiger charge is -2.08. The lowest BCUT2D eigenvalue weighted by atomic mass is 10.2. The number of nitrogens with zero attached hydrogens (tertiary/aromatic N) is 2. The van der Waals surface area contributed by atoms with Crippen LogP contribution in [0, 0.1) is 5.92 Å². The van der Waals surface area contributed by atoms with E-state index in [0.29, 0.717) is 28.8 Å². The molecule has 0 fully saturated rings. The molecule has 0 aliphatic rings. The van der Waals surface area contributed by atoms with Crippen molar-refractivity contribution >= 4 is 21.7 Å².